The second-order valence-corrected chi connectivity index (χ2v) is 4.24. The summed E-state index contributed by atoms with van der Waals surface area (Å²) in [7, 11) is 3.39. The third kappa shape index (κ3) is 5.48. The Morgan fingerprint density at radius 2 is 1.88 bits per heavy atom. The number of hydrogen-bond acceptors (Lipinski definition) is 4. The van der Waals surface area contributed by atoms with Crippen molar-refractivity contribution in [2.24, 2.45) is 0 Å². The van der Waals surface area contributed by atoms with Crippen LogP contribution < -0.4 is 0 Å². The summed E-state index contributed by atoms with van der Waals surface area (Å²) in [6.07, 6.45) is -0.558. The number of aliphatic hydroxyl groups is 1. The molecular formula is C12H26N2O3. The van der Waals surface area contributed by atoms with E-state index >= 15 is 0 Å². The third-order valence-electron chi connectivity index (χ3n) is 2.95. The summed E-state index contributed by atoms with van der Waals surface area (Å²) in [5.41, 5.74) is 0. The molecule has 1 N–H and O–H groups in total. The molecule has 5 heteroatoms. The zero-order valence-corrected chi connectivity index (χ0v) is 11.6. The number of amides is 1. The summed E-state index contributed by atoms with van der Waals surface area (Å²) in [5.74, 6) is 0.0992. The molecule has 0 fully saturated rings. The fraction of sp³-hybridized carbons (Fsp3) is 0.917. The fourth-order valence-electron chi connectivity index (χ4n) is 1.72. The topological polar surface area (TPSA) is 53.0 Å². The molecule has 2 atom stereocenters. The molecular weight excluding hydrogens is 220 g/mol. The first-order valence-corrected chi connectivity index (χ1v) is 6.13. The van der Waals surface area contributed by atoms with E-state index in [1.54, 1.807) is 12.0 Å². The van der Waals surface area contributed by atoms with E-state index in [1.807, 2.05) is 32.7 Å². The van der Waals surface area contributed by atoms with Gasteiger partial charge in [-0.3, -0.25) is 9.69 Å². The second-order valence-electron chi connectivity index (χ2n) is 4.24. The molecule has 5 nitrogen and oxygen atoms in total. The normalized spacial score (nSPS) is 14.8. The van der Waals surface area contributed by atoms with Gasteiger partial charge < -0.3 is 14.7 Å². The minimum Gasteiger partial charge on any atom is -0.389 e. The van der Waals surface area contributed by atoms with E-state index in [4.69, 9.17) is 4.74 Å². The van der Waals surface area contributed by atoms with Gasteiger partial charge in [0.2, 0.25) is 5.91 Å². The molecule has 0 aliphatic carbocycles. The predicted octanol–water partition coefficient (Wildman–Crippen LogP) is 0.182. The number of aliphatic hydroxyl groups excluding tert-OH is 1. The summed E-state index contributed by atoms with van der Waals surface area (Å²) in [5, 5.41) is 9.61. The zero-order chi connectivity index (χ0) is 13.4. The maximum Gasteiger partial charge on any atom is 0.239 e. The third-order valence-corrected chi connectivity index (χ3v) is 2.95. The van der Waals surface area contributed by atoms with Gasteiger partial charge in [0.15, 0.2) is 0 Å². The minimum absolute atomic E-state index is 0.0992. The highest BCUT2D eigenvalue weighted by atomic mass is 16.5. The molecule has 0 heterocycles. The highest BCUT2D eigenvalue weighted by Crippen LogP contribution is 2.03. The molecule has 0 spiro atoms. The maximum atomic E-state index is 12.1. The molecule has 1 amide bonds. The van der Waals surface area contributed by atoms with Gasteiger partial charge in [-0.25, -0.2) is 0 Å². The summed E-state index contributed by atoms with van der Waals surface area (Å²) < 4.78 is 4.86. The van der Waals surface area contributed by atoms with Crippen molar-refractivity contribution in [3.63, 3.8) is 0 Å². The number of nitrogens with zero attached hydrogens (tertiary/aromatic N) is 2. The van der Waals surface area contributed by atoms with Crippen molar-refractivity contribution in [2.45, 2.75) is 32.9 Å². The van der Waals surface area contributed by atoms with E-state index in [1.165, 1.54) is 0 Å². The van der Waals surface area contributed by atoms with Gasteiger partial charge in [0, 0.05) is 26.7 Å². The van der Waals surface area contributed by atoms with Crippen molar-refractivity contribution in [1.82, 2.24) is 9.80 Å². The number of ether oxygens (including phenoxy) is 1. The van der Waals surface area contributed by atoms with Crippen molar-refractivity contribution in [3.05, 3.63) is 0 Å². The SMILES string of the molecule is CCN(CC)C(=O)C(C)N(C)CC(O)COC. The number of hydrogen-bond donors (Lipinski definition) is 1. The van der Waals surface area contributed by atoms with E-state index in [0.29, 0.717) is 19.6 Å². The van der Waals surface area contributed by atoms with Gasteiger partial charge in [0.1, 0.15) is 0 Å². The van der Waals surface area contributed by atoms with Crippen LogP contribution in [-0.4, -0.2) is 73.4 Å². The Kier molecular flexibility index (Phi) is 8.12. The van der Waals surface area contributed by atoms with Crippen molar-refractivity contribution < 1.29 is 14.6 Å². The Hall–Kier alpha value is -0.650. The van der Waals surface area contributed by atoms with E-state index in [9.17, 15) is 9.90 Å². The van der Waals surface area contributed by atoms with Gasteiger partial charge in [-0.15, -0.1) is 0 Å². The van der Waals surface area contributed by atoms with Crippen LogP contribution in [0.4, 0.5) is 0 Å². The maximum absolute atomic E-state index is 12.1. The lowest BCUT2D eigenvalue weighted by Gasteiger charge is -2.30. The van der Waals surface area contributed by atoms with Crippen molar-refractivity contribution in [3.8, 4) is 0 Å². The molecule has 2 unspecified atom stereocenters. The van der Waals surface area contributed by atoms with Gasteiger partial charge >= 0.3 is 0 Å². The average Bonchev–Trinajstić information content (AvgIpc) is 2.29. The Bertz CT molecular complexity index is 220. The number of likely N-dealkylation sites (N-methyl/N-ethyl adjacent to an activating group) is 2. The van der Waals surface area contributed by atoms with Crippen LogP contribution in [0.25, 0.3) is 0 Å². The minimum atomic E-state index is -0.558. The lowest BCUT2D eigenvalue weighted by atomic mass is 10.2. The van der Waals surface area contributed by atoms with Crippen LogP contribution in [0.1, 0.15) is 20.8 Å². The molecule has 0 saturated carbocycles. The number of carbonyl (C=O) groups is 1. The highest BCUT2D eigenvalue weighted by molar-refractivity contribution is 5.81. The predicted molar refractivity (Wildman–Crippen MR) is 67.9 cm³/mol. The summed E-state index contributed by atoms with van der Waals surface area (Å²) in [6, 6.07) is -0.221. The standard InChI is InChI=1S/C12H26N2O3/c1-6-14(7-2)12(16)10(3)13(4)8-11(15)9-17-5/h10-11,15H,6-9H2,1-5H3. The molecule has 0 aromatic rings. The zero-order valence-electron chi connectivity index (χ0n) is 11.6. The molecule has 102 valence electrons. The molecule has 0 aromatic heterocycles. The molecule has 0 aliphatic heterocycles. The first-order valence-electron chi connectivity index (χ1n) is 6.13. The van der Waals surface area contributed by atoms with Crippen molar-refractivity contribution in [2.75, 3.05) is 40.4 Å². The molecule has 17 heavy (non-hydrogen) atoms. The first-order chi connectivity index (χ1) is 7.97. The first kappa shape index (κ1) is 16.4. The summed E-state index contributed by atoms with van der Waals surface area (Å²) in [6.45, 7) is 7.95. The number of carbonyl (C=O) groups excluding carboxylic acids is 1. The molecule has 0 aromatic carbocycles. The van der Waals surface area contributed by atoms with E-state index in [2.05, 4.69) is 0 Å². The van der Waals surface area contributed by atoms with Crippen LogP contribution in [0.15, 0.2) is 0 Å². The number of methoxy groups -OCH3 is 1. The Morgan fingerprint density at radius 3 is 2.29 bits per heavy atom. The second kappa shape index (κ2) is 8.44. The fourth-order valence-corrected chi connectivity index (χ4v) is 1.72. The average molecular weight is 246 g/mol. The van der Waals surface area contributed by atoms with Gasteiger partial charge in [-0.2, -0.15) is 0 Å². The van der Waals surface area contributed by atoms with E-state index in [-0.39, 0.29) is 18.6 Å². The van der Waals surface area contributed by atoms with Gasteiger partial charge in [-0.1, -0.05) is 0 Å². The largest absolute Gasteiger partial charge is 0.389 e. The smallest absolute Gasteiger partial charge is 0.239 e. The molecule has 0 bridgehead atoms. The van der Waals surface area contributed by atoms with Crippen LogP contribution in [0.3, 0.4) is 0 Å². The quantitative estimate of drug-likeness (QED) is 0.664. The molecule has 0 rings (SSSR count). The van der Waals surface area contributed by atoms with Crippen LogP contribution in [0, 0.1) is 0 Å². The van der Waals surface area contributed by atoms with Gasteiger partial charge in [-0.05, 0) is 27.8 Å². The van der Waals surface area contributed by atoms with E-state index < -0.39 is 6.10 Å². The highest BCUT2D eigenvalue weighted by Gasteiger charge is 2.23. The van der Waals surface area contributed by atoms with Crippen LogP contribution >= 0.6 is 0 Å². The summed E-state index contributed by atoms with van der Waals surface area (Å²) >= 11 is 0. The lowest BCUT2D eigenvalue weighted by molar-refractivity contribution is -0.136. The Balaban J connectivity index is 4.28. The molecule has 0 aliphatic rings. The monoisotopic (exact) mass is 246 g/mol. The van der Waals surface area contributed by atoms with Crippen LogP contribution in [-0.2, 0) is 9.53 Å². The van der Waals surface area contributed by atoms with Crippen LogP contribution in [0.2, 0.25) is 0 Å². The Labute approximate surface area is 104 Å². The molecule has 0 saturated heterocycles. The number of rotatable bonds is 8. The van der Waals surface area contributed by atoms with Crippen LogP contribution in [0.5, 0.6) is 0 Å². The van der Waals surface area contributed by atoms with Gasteiger partial charge in [0.05, 0.1) is 18.8 Å². The van der Waals surface area contributed by atoms with Crippen molar-refractivity contribution >= 4 is 5.91 Å². The summed E-state index contributed by atoms with van der Waals surface area (Å²) in [4.78, 5) is 15.7. The van der Waals surface area contributed by atoms with Crippen molar-refractivity contribution in [1.29, 1.82) is 0 Å². The lowest BCUT2D eigenvalue weighted by Crippen LogP contribution is -2.48. The van der Waals surface area contributed by atoms with E-state index in [0.717, 1.165) is 0 Å². The molecule has 0 radical (unpaired) electrons. The van der Waals surface area contributed by atoms with Gasteiger partial charge in [0.25, 0.3) is 0 Å². The Morgan fingerprint density at radius 1 is 1.35 bits per heavy atom.